The molecule has 0 amide bonds. The summed E-state index contributed by atoms with van der Waals surface area (Å²) in [4.78, 5) is 0. The van der Waals surface area contributed by atoms with Gasteiger partial charge in [0.25, 0.3) is 0 Å². The third kappa shape index (κ3) is 9.83. The van der Waals surface area contributed by atoms with Crippen LogP contribution in [0.2, 0.25) is 0 Å². The Hall–Kier alpha value is -3.64. The van der Waals surface area contributed by atoms with Gasteiger partial charge in [0, 0.05) is 0 Å². The summed E-state index contributed by atoms with van der Waals surface area (Å²) in [6.45, 7) is 4.53. The van der Waals surface area contributed by atoms with E-state index in [1.165, 1.54) is 109 Å². The molecule has 0 saturated heterocycles. The minimum absolute atomic E-state index is 1.19. The third-order valence-electron chi connectivity index (χ3n) is 7.69. The van der Waals surface area contributed by atoms with Gasteiger partial charge in [-0.2, -0.15) is 0 Å². The highest BCUT2D eigenvalue weighted by molar-refractivity contribution is 5.74. The van der Waals surface area contributed by atoms with Gasteiger partial charge in [-0.25, -0.2) is 0 Å². The van der Waals surface area contributed by atoms with Crippen LogP contribution in [0.15, 0.2) is 97.1 Å². The molecule has 206 valence electrons. The molecule has 0 bridgehead atoms. The second-order valence-electron chi connectivity index (χ2n) is 11.0. The van der Waals surface area contributed by atoms with Crippen LogP contribution in [0.4, 0.5) is 0 Å². The molecule has 0 heteroatoms. The predicted octanol–water partition coefficient (Wildman–Crippen LogP) is 11.9. The van der Waals surface area contributed by atoms with E-state index in [-0.39, 0.29) is 0 Å². The van der Waals surface area contributed by atoms with E-state index >= 15 is 0 Å². The highest BCUT2D eigenvalue weighted by atomic mass is 14.0. The highest BCUT2D eigenvalue weighted by Gasteiger charge is 1.99. The summed E-state index contributed by atoms with van der Waals surface area (Å²) in [7, 11) is 0. The number of hydrogen-bond acceptors (Lipinski definition) is 0. The van der Waals surface area contributed by atoms with Gasteiger partial charge in [-0.05, 0) is 70.2 Å². The Kier molecular flexibility index (Phi) is 12.1. The van der Waals surface area contributed by atoms with Crippen LogP contribution in [0, 0.1) is 0 Å². The van der Waals surface area contributed by atoms with E-state index in [1.807, 2.05) is 0 Å². The van der Waals surface area contributed by atoms with Crippen LogP contribution in [0.5, 0.6) is 0 Å². The van der Waals surface area contributed by atoms with Gasteiger partial charge in [0.2, 0.25) is 0 Å². The van der Waals surface area contributed by atoms with Crippen LogP contribution >= 0.6 is 0 Å². The number of benzene rings is 4. The lowest BCUT2D eigenvalue weighted by molar-refractivity contribution is 0.667. The second kappa shape index (κ2) is 16.5. The van der Waals surface area contributed by atoms with E-state index in [2.05, 4.69) is 135 Å². The third-order valence-corrected chi connectivity index (χ3v) is 7.69. The minimum Gasteiger partial charge on any atom is -0.0654 e. The van der Waals surface area contributed by atoms with Crippen molar-refractivity contribution in [2.24, 2.45) is 0 Å². The molecule has 0 nitrogen and oxygen atoms in total. The molecule has 0 atom stereocenters. The van der Waals surface area contributed by atoms with Crippen molar-refractivity contribution < 1.29 is 0 Å². The van der Waals surface area contributed by atoms with Gasteiger partial charge < -0.3 is 0 Å². The lowest BCUT2D eigenvalue weighted by Gasteiger charge is -2.04. The molecular formula is C40H46. The Balaban J connectivity index is 1.27. The normalized spacial score (nSPS) is 11.6. The average molecular weight is 527 g/mol. The number of unbranched alkanes of at least 4 members (excludes halogenated alkanes) is 6. The summed E-state index contributed by atoms with van der Waals surface area (Å²) in [6, 6.07) is 35.7. The molecule has 0 N–H and O–H groups in total. The molecule has 0 aliphatic rings. The van der Waals surface area contributed by atoms with Crippen LogP contribution in [0.25, 0.3) is 35.4 Å². The van der Waals surface area contributed by atoms with Crippen LogP contribution in [-0.4, -0.2) is 0 Å². The Morgan fingerprint density at radius 2 is 0.650 bits per heavy atom. The smallest absolute Gasteiger partial charge is 0.0184 e. The Bertz CT molecular complexity index is 1190. The first-order valence-corrected chi connectivity index (χ1v) is 15.5. The fourth-order valence-electron chi connectivity index (χ4n) is 5.06. The van der Waals surface area contributed by atoms with Crippen LogP contribution < -0.4 is 0 Å². The standard InChI is InChI=1S/C40H46/c1-3-5-7-9-11-33-13-17-35(18-14-33)21-23-37-25-29-39(30-26-37)40-31-27-38(28-32-40)24-22-36-19-15-34(16-20-36)12-10-8-6-4-2/h13-32H,3-12H2,1-2H3/b23-21+,24-22+. The van der Waals surface area contributed by atoms with Crippen molar-refractivity contribution in [2.45, 2.75) is 78.1 Å². The first-order chi connectivity index (χ1) is 19.7. The minimum atomic E-state index is 1.19. The molecule has 4 rings (SSSR count). The molecule has 40 heavy (non-hydrogen) atoms. The summed E-state index contributed by atoms with van der Waals surface area (Å²) < 4.78 is 0. The van der Waals surface area contributed by atoms with E-state index in [0.717, 1.165) is 0 Å². The van der Waals surface area contributed by atoms with Crippen molar-refractivity contribution in [3.63, 3.8) is 0 Å². The largest absolute Gasteiger partial charge is 0.0654 e. The van der Waals surface area contributed by atoms with Crippen molar-refractivity contribution in [1.29, 1.82) is 0 Å². The quantitative estimate of drug-likeness (QED) is 0.107. The molecule has 0 aliphatic heterocycles. The van der Waals surface area contributed by atoms with Crippen molar-refractivity contribution >= 4 is 24.3 Å². The molecule has 0 heterocycles. The van der Waals surface area contributed by atoms with Crippen molar-refractivity contribution in [2.75, 3.05) is 0 Å². The van der Waals surface area contributed by atoms with Crippen molar-refractivity contribution in [3.05, 3.63) is 130 Å². The molecule has 0 saturated carbocycles. The summed E-state index contributed by atoms with van der Waals surface area (Å²) in [5.41, 5.74) is 10.3. The van der Waals surface area contributed by atoms with Crippen LogP contribution in [0.1, 0.15) is 98.6 Å². The summed E-state index contributed by atoms with van der Waals surface area (Å²) >= 11 is 0. The fraction of sp³-hybridized carbons (Fsp3) is 0.300. The van der Waals surface area contributed by atoms with Crippen LogP contribution in [0.3, 0.4) is 0 Å². The lowest BCUT2D eigenvalue weighted by atomic mass is 10.0. The van der Waals surface area contributed by atoms with Gasteiger partial charge in [-0.15, -0.1) is 0 Å². The first kappa shape index (κ1) is 29.3. The summed E-state index contributed by atoms with van der Waals surface area (Å²) in [6.07, 6.45) is 21.7. The summed E-state index contributed by atoms with van der Waals surface area (Å²) in [5.74, 6) is 0. The second-order valence-corrected chi connectivity index (χ2v) is 11.0. The van der Waals surface area contributed by atoms with Gasteiger partial charge in [-0.3, -0.25) is 0 Å². The Morgan fingerprint density at radius 1 is 0.350 bits per heavy atom. The van der Waals surface area contributed by atoms with Gasteiger partial charge in [0.1, 0.15) is 0 Å². The molecule has 4 aromatic rings. The molecule has 0 aliphatic carbocycles. The maximum atomic E-state index is 2.28. The molecular weight excluding hydrogens is 480 g/mol. The Labute approximate surface area is 243 Å². The average Bonchev–Trinajstić information content (AvgIpc) is 3.01. The lowest BCUT2D eigenvalue weighted by Crippen LogP contribution is -1.86. The van der Waals surface area contributed by atoms with E-state index in [0.29, 0.717) is 0 Å². The van der Waals surface area contributed by atoms with Crippen molar-refractivity contribution in [1.82, 2.24) is 0 Å². The summed E-state index contributed by atoms with van der Waals surface area (Å²) in [5, 5.41) is 0. The first-order valence-electron chi connectivity index (χ1n) is 15.5. The highest BCUT2D eigenvalue weighted by Crippen LogP contribution is 2.22. The van der Waals surface area contributed by atoms with E-state index in [9.17, 15) is 0 Å². The number of rotatable bonds is 15. The van der Waals surface area contributed by atoms with E-state index < -0.39 is 0 Å². The molecule has 0 aromatic heterocycles. The molecule has 4 aromatic carbocycles. The van der Waals surface area contributed by atoms with Crippen LogP contribution in [-0.2, 0) is 12.8 Å². The Morgan fingerprint density at radius 3 is 0.950 bits per heavy atom. The van der Waals surface area contributed by atoms with Gasteiger partial charge in [0.15, 0.2) is 0 Å². The molecule has 0 fully saturated rings. The van der Waals surface area contributed by atoms with Gasteiger partial charge in [-0.1, -0.05) is 174 Å². The van der Waals surface area contributed by atoms with E-state index in [4.69, 9.17) is 0 Å². The monoisotopic (exact) mass is 526 g/mol. The molecule has 0 spiro atoms. The topological polar surface area (TPSA) is 0 Å². The predicted molar refractivity (Wildman–Crippen MR) is 178 cm³/mol. The molecule has 0 radical (unpaired) electrons. The van der Waals surface area contributed by atoms with Gasteiger partial charge in [0.05, 0.1) is 0 Å². The van der Waals surface area contributed by atoms with E-state index in [1.54, 1.807) is 0 Å². The zero-order valence-electron chi connectivity index (χ0n) is 24.6. The SMILES string of the molecule is CCCCCCc1ccc(/C=C/c2ccc(-c3ccc(/C=C/c4ccc(CCCCCC)cc4)cc3)cc2)cc1. The maximum Gasteiger partial charge on any atom is -0.0184 e. The zero-order chi connectivity index (χ0) is 27.8. The maximum absolute atomic E-state index is 2.28. The number of aryl methyl sites for hydroxylation is 2. The zero-order valence-corrected chi connectivity index (χ0v) is 24.6. The van der Waals surface area contributed by atoms with Crippen molar-refractivity contribution in [3.8, 4) is 11.1 Å². The van der Waals surface area contributed by atoms with Gasteiger partial charge >= 0.3 is 0 Å². The fourth-order valence-corrected chi connectivity index (χ4v) is 5.06. The number of hydrogen-bond donors (Lipinski definition) is 0. The molecule has 0 unspecified atom stereocenters.